The lowest BCUT2D eigenvalue weighted by Gasteiger charge is -2.38. The molecule has 0 unspecified atom stereocenters. The molecule has 1 aliphatic rings. The predicted molar refractivity (Wildman–Crippen MR) is 67.6 cm³/mol. The van der Waals surface area contributed by atoms with Gasteiger partial charge < -0.3 is 9.62 Å². The molecule has 82 valence electrons. The van der Waals surface area contributed by atoms with E-state index in [0.29, 0.717) is 5.81 Å². The Hall–Kier alpha value is 0.465. The molecule has 0 aromatic carbocycles. The van der Waals surface area contributed by atoms with E-state index in [1.54, 1.807) is 0 Å². The van der Waals surface area contributed by atoms with Crippen LogP contribution in [0.5, 0.6) is 0 Å². The SMILES string of the molecule is CC(C)(C)N1CCN(C(C)(C)C)B1Br. The Morgan fingerprint density at radius 2 is 1.14 bits per heavy atom. The van der Waals surface area contributed by atoms with E-state index in [-0.39, 0.29) is 11.1 Å². The highest BCUT2D eigenvalue weighted by Gasteiger charge is 2.44. The van der Waals surface area contributed by atoms with Crippen LogP contribution in [0, 0.1) is 0 Å². The van der Waals surface area contributed by atoms with Gasteiger partial charge in [-0.25, -0.2) is 0 Å². The van der Waals surface area contributed by atoms with Crippen LogP contribution in [0.15, 0.2) is 0 Å². The molecule has 14 heavy (non-hydrogen) atoms. The molecular weight excluding hydrogens is 239 g/mol. The highest BCUT2D eigenvalue weighted by atomic mass is 79.9. The monoisotopic (exact) mass is 260 g/mol. The summed E-state index contributed by atoms with van der Waals surface area (Å²) >= 11 is 3.79. The van der Waals surface area contributed by atoms with Crippen molar-refractivity contribution in [2.24, 2.45) is 0 Å². The first kappa shape index (κ1) is 12.5. The fourth-order valence-electron chi connectivity index (χ4n) is 1.91. The molecule has 1 heterocycles. The number of nitrogens with zero attached hydrogens (tertiary/aromatic N) is 2. The van der Waals surface area contributed by atoms with Gasteiger partial charge in [-0.3, -0.25) is 0 Å². The third kappa shape index (κ3) is 2.53. The van der Waals surface area contributed by atoms with E-state index in [1.165, 1.54) is 0 Å². The molecular formula is C10H22BBrN2. The fourth-order valence-corrected chi connectivity index (χ4v) is 3.54. The first-order valence-corrected chi connectivity index (χ1v) is 6.23. The molecule has 0 spiro atoms. The maximum absolute atomic E-state index is 3.79. The highest BCUT2D eigenvalue weighted by Crippen LogP contribution is 2.29. The molecule has 0 aliphatic carbocycles. The fraction of sp³-hybridized carbons (Fsp3) is 1.00. The quantitative estimate of drug-likeness (QED) is 0.618. The van der Waals surface area contributed by atoms with Crippen LogP contribution in [-0.2, 0) is 0 Å². The minimum absolute atomic E-state index is 0.244. The van der Waals surface area contributed by atoms with Crippen molar-refractivity contribution in [2.45, 2.75) is 52.6 Å². The molecule has 1 aliphatic heterocycles. The first-order valence-electron chi connectivity index (χ1n) is 5.31. The lowest BCUT2D eigenvalue weighted by molar-refractivity contribution is 0.271. The predicted octanol–water partition coefficient (Wildman–Crippen LogP) is 2.58. The van der Waals surface area contributed by atoms with Crippen LogP contribution in [-0.4, -0.2) is 39.6 Å². The summed E-state index contributed by atoms with van der Waals surface area (Å²) in [5.41, 5.74) is 0.488. The van der Waals surface area contributed by atoms with Crippen molar-refractivity contribution in [1.29, 1.82) is 0 Å². The Labute approximate surface area is 97.1 Å². The summed E-state index contributed by atoms with van der Waals surface area (Å²) in [6, 6.07) is 0. The summed E-state index contributed by atoms with van der Waals surface area (Å²) in [4.78, 5) is 5.00. The van der Waals surface area contributed by atoms with E-state index < -0.39 is 0 Å². The van der Waals surface area contributed by atoms with E-state index >= 15 is 0 Å². The summed E-state index contributed by atoms with van der Waals surface area (Å²) in [7, 11) is 0. The molecule has 0 bridgehead atoms. The van der Waals surface area contributed by atoms with Crippen molar-refractivity contribution in [2.75, 3.05) is 13.1 Å². The van der Waals surface area contributed by atoms with Gasteiger partial charge in [0.05, 0.1) is 0 Å². The van der Waals surface area contributed by atoms with Gasteiger partial charge in [0.15, 0.2) is 0 Å². The minimum atomic E-state index is 0.244. The standard InChI is InChI=1S/C10H22BBrN2/c1-9(2,3)13-7-8-14(11(13)12)10(4,5)6/h7-8H2,1-6H3. The molecule has 0 radical (unpaired) electrons. The number of halogens is 1. The Morgan fingerprint density at radius 1 is 0.857 bits per heavy atom. The lowest BCUT2D eigenvalue weighted by Crippen LogP contribution is -2.53. The van der Waals surface area contributed by atoms with Crippen LogP contribution in [0.3, 0.4) is 0 Å². The van der Waals surface area contributed by atoms with E-state index in [0.717, 1.165) is 13.1 Å². The molecule has 1 saturated heterocycles. The average molecular weight is 261 g/mol. The molecule has 0 amide bonds. The second-order valence-corrected chi connectivity index (χ2v) is 6.86. The van der Waals surface area contributed by atoms with Crippen molar-refractivity contribution in [3.05, 3.63) is 0 Å². The van der Waals surface area contributed by atoms with Crippen molar-refractivity contribution >= 4 is 21.6 Å². The first-order chi connectivity index (χ1) is 6.14. The maximum Gasteiger partial charge on any atom is 0.391 e. The van der Waals surface area contributed by atoms with Crippen LogP contribution in [0.4, 0.5) is 0 Å². The highest BCUT2D eigenvalue weighted by molar-refractivity contribution is 9.24. The van der Waals surface area contributed by atoms with Crippen molar-refractivity contribution in [1.82, 2.24) is 9.62 Å². The molecule has 0 aromatic rings. The maximum atomic E-state index is 3.79. The van der Waals surface area contributed by atoms with Crippen LogP contribution in [0.1, 0.15) is 41.5 Å². The lowest BCUT2D eigenvalue weighted by atomic mass is 9.92. The molecule has 0 saturated carbocycles. The Balaban J connectivity index is 2.75. The molecule has 1 rings (SSSR count). The summed E-state index contributed by atoms with van der Waals surface area (Å²) in [5.74, 6) is 0.377. The zero-order valence-corrected chi connectivity index (χ0v) is 11.8. The topological polar surface area (TPSA) is 6.48 Å². The number of hydrogen-bond acceptors (Lipinski definition) is 2. The van der Waals surface area contributed by atoms with Crippen molar-refractivity contribution < 1.29 is 0 Å². The van der Waals surface area contributed by atoms with Gasteiger partial charge in [0.25, 0.3) is 0 Å². The molecule has 0 aromatic heterocycles. The van der Waals surface area contributed by atoms with Gasteiger partial charge >= 0.3 is 5.81 Å². The minimum Gasteiger partial charge on any atom is -0.312 e. The van der Waals surface area contributed by atoms with Crippen LogP contribution < -0.4 is 0 Å². The zero-order valence-electron chi connectivity index (χ0n) is 10.3. The second-order valence-electron chi connectivity index (χ2n) is 6.04. The van der Waals surface area contributed by atoms with Gasteiger partial charge in [0, 0.05) is 24.2 Å². The number of rotatable bonds is 0. The number of hydrogen-bond donors (Lipinski definition) is 0. The van der Waals surface area contributed by atoms with Gasteiger partial charge in [0.1, 0.15) is 0 Å². The normalized spacial score (nSPS) is 22.1. The average Bonchev–Trinajstić information content (AvgIpc) is 2.26. The van der Waals surface area contributed by atoms with E-state index in [9.17, 15) is 0 Å². The summed E-state index contributed by atoms with van der Waals surface area (Å²) in [6.07, 6.45) is 0. The van der Waals surface area contributed by atoms with Gasteiger partial charge in [0.2, 0.25) is 0 Å². The molecule has 1 fully saturated rings. The third-order valence-corrected chi connectivity index (χ3v) is 3.81. The van der Waals surface area contributed by atoms with Crippen LogP contribution >= 0.6 is 15.8 Å². The van der Waals surface area contributed by atoms with Gasteiger partial charge in [-0.1, -0.05) is 0 Å². The zero-order chi connectivity index (χ0) is 11.1. The smallest absolute Gasteiger partial charge is 0.312 e. The Kier molecular flexibility index (Phi) is 3.40. The van der Waals surface area contributed by atoms with Crippen molar-refractivity contribution in [3.8, 4) is 0 Å². The van der Waals surface area contributed by atoms with E-state index in [2.05, 4.69) is 66.9 Å². The Morgan fingerprint density at radius 3 is 1.29 bits per heavy atom. The molecule has 4 heteroatoms. The van der Waals surface area contributed by atoms with Crippen LogP contribution in [0.2, 0.25) is 0 Å². The summed E-state index contributed by atoms with van der Waals surface area (Å²) in [6.45, 7) is 15.9. The summed E-state index contributed by atoms with van der Waals surface area (Å²) < 4.78 is 0. The van der Waals surface area contributed by atoms with Crippen molar-refractivity contribution in [3.63, 3.8) is 0 Å². The van der Waals surface area contributed by atoms with Crippen LogP contribution in [0.25, 0.3) is 0 Å². The van der Waals surface area contributed by atoms with Gasteiger partial charge in [-0.05, 0) is 41.5 Å². The second kappa shape index (κ2) is 3.80. The molecule has 0 atom stereocenters. The summed E-state index contributed by atoms with van der Waals surface area (Å²) in [5, 5.41) is 0. The van der Waals surface area contributed by atoms with Gasteiger partial charge in [-0.2, -0.15) is 0 Å². The van der Waals surface area contributed by atoms with Gasteiger partial charge in [-0.15, -0.1) is 15.8 Å². The largest absolute Gasteiger partial charge is 0.391 e. The Bertz CT molecular complexity index is 185. The van der Waals surface area contributed by atoms with E-state index in [1.807, 2.05) is 0 Å². The third-order valence-electron chi connectivity index (χ3n) is 2.82. The molecule has 2 nitrogen and oxygen atoms in total. The molecule has 0 N–H and O–H groups in total. The van der Waals surface area contributed by atoms with E-state index in [4.69, 9.17) is 0 Å².